The lowest BCUT2D eigenvalue weighted by Crippen LogP contribution is -2.32. The molecule has 0 aliphatic rings. The number of carbonyl (C=O) groups is 1. The van der Waals surface area contributed by atoms with E-state index in [1.165, 1.54) is 0 Å². The third-order valence-corrected chi connectivity index (χ3v) is 4.53. The molecule has 1 heterocycles. The van der Waals surface area contributed by atoms with Gasteiger partial charge in [0.1, 0.15) is 17.2 Å². The molecule has 1 atom stereocenters. The first-order valence-corrected chi connectivity index (χ1v) is 8.57. The second-order valence-corrected chi connectivity index (χ2v) is 6.58. The summed E-state index contributed by atoms with van der Waals surface area (Å²) in [7, 11) is 3.80. The average Bonchev–Trinajstić information content (AvgIpc) is 3.00. The minimum absolute atomic E-state index is 0.0725. The van der Waals surface area contributed by atoms with Crippen LogP contribution in [0.3, 0.4) is 0 Å². The standard InChI is InChI=1S/C22H20N2O2/c1-24(2)21(15-8-4-3-5-9-15)22(25)23-16-12-13-18-17-10-6-7-11-19(17)26-20(18)14-16/h3-14,21H,1-2H3,(H,23,25)/t21-/m0/s1. The van der Waals surface area contributed by atoms with Crippen molar-refractivity contribution in [3.8, 4) is 0 Å². The zero-order valence-corrected chi connectivity index (χ0v) is 14.8. The molecule has 1 aromatic heterocycles. The second kappa shape index (κ2) is 6.65. The molecule has 4 rings (SSSR count). The van der Waals surface area contributed by atoms with Crippen LogP contribution in [0.5, 0.6) is 0 Å². The maximum Gasteiger partial charge on any atom is 0.246 e. The van der Waals surface area contributed by atoms with Gasteiger partial charge in [-0.05, 0) is 37.9 Å². The Hall–Kier alpha value is -3.11. The quantitative estimate of drug-likeness (QED) is 0.577. The third-order valence-electron chi connectivity index (χ3n) is 4.53. The molecule has 3 aromatic carbocycles. The fourth-order valence-corrected chi connectivity index (χ4v) is 3.33. The Kier molecular flexibility index (Phi) is 4.19. The molecule has 4 nitrogen and oxygen atoms in total. The molecule has 4 heteroatoms. The highest BCUT2D eigenvalue weighted by molar-refractivity contribution is 6.06. The van der Waals surface area contributed by atoms with E-state index in [9.17, 15) is 4.79 Å². The van der Waals surface area contributed by atoms with Gasteiger partial charge in [0, 0.05) is 22.5 Å². The van der Waals surface area contributed by atoms with Gasteiger partial charge in [0.15, 0.2) is 0 Å². The van der Waals surface area contributed by atoms with E-state index < -0.39 is 0 Å². The van der Waals surface area contributed by atoms with Gasteiger partial charge in [-0.2, -0.15) is 0 Å². The molecule has 0 radical (unpaired) electrons. The van der Waals surface area contributed by atoms with Gasteiger partial charge in [0.05, 0.1) is 0 Å². The first-order valence-electron chi connectivity index (χ1n) is 8.57. The lowest BCUT2D eigenvalue weighted by molar-refractivity contribution is -0.120. The fraction of sp³-hybridized carbons (Fsp3) is 0.136. The number of rotatable bonds is 4. The summed E-state index contributed by atoms with van der Waals surface area (Å²) in [5, 5.41) is 5.14. The van der Waals surface area contributed by atoms with Crippen LogP contribution < -0.4 is 5.32 Å². The van der Waals surface area contributed by atoms with Crippen LogP contribution >= 0.6 is 0 Å². The van der Waals surface area contributed by atoms with Crippen molar-refractivity contribution in [3.05, 3.63) is 78.4 Å². The molecule has 1 amide bonds. The third kappa shape index (κ3) is 2.95. The van der Waals surface area contributed by atoms with Crippen LogP contribution in [0.4, 0.5) is 5.69 Å². The number of fused-ring (bicyclic) bond motifs is 3. The van der Waals surface area contributed by atoms with E-state index in [4.69, 9.17) is 4.42 Å². The lowest BCUT2D eigenvalue weighted by atomic mass is 10.1. The number of nitrogens with one attached hydrogen (secondary N) is 1. The van der Waals surface area contributed by atoms with Gasteiger partial charge in [-0.15, -0.1) is 0 Å². The molecule has 4 aromatic rings. The molecular formula is C22H20N2O2. The number of anilines is 1. The predicted octanol–water partition coefficient (Wildman–Crippen LogP) is 4.83. The first-order chi connectivity index (χ1) is 12.6. The van der Waals surface area contributed by atoms with Crippen molar-refractivity contribution in [2.75, 3.05) is 19.4 Å². The van der Waals surface area contributed by atoms with Crippen molar-refractivity contribution in [3.63, 3.8) is 0 Å². The molecule has 0 aliphatic carbocycles. The van der Waals surface area contributed by atoms with E-state index in [1.807, 2.05) is 91.8 Å². The molecule has 26 heavy (non-hydrogen) atoms. The topological polar surface area (TPSA) is 45.5 Å². The van der Waals surface area contributed by atoms with Gasteiger partial charge in [0.2, 0.25) is 5.91 Å². The number of para-hydroxylation sites is 1. The van der Waals surface area contributed by atoms with Gasteiger partial charge in [0.25, 0.3) is 0 Å². The van der Waals surface area contributed by atoms with E-state index in [1.54, 1.807) is 0 Å². The lowest BCUT2D eigenvalue weighted by Gasteiger charge is -2.23. The predicted molar refractivity (Wildman–Crippen MR) is 105 cm³/mol. The van der Waals surface area contributed by atoms with Crippen molar-refractivity contribution in [1.29, 1.82) is 0 Å². The summed E-state index contributed by atoms with van der Waals surface area (Å²) in [6.07, 6.45) is 0. The van der Waals surface area contributed by atoms with Crippen LogP contribution in [-0.4, -0.2) is 24.9 Å². The van der Waals surface area contributed by atoms with Crippen LogP contribution in [0, 0.1) is 0 Å². The number of nitrogens with zero attached hydrogens (tertiary/aromatic N) is 1. The number of hydrogen-bond donors (Lipinski definition) is 1. The van der Waals surface area contributed by atoms with E-state index in [0.717, 1.165) is 33.2 Å². The number of hydrogen-bond acceptors (Lipinski definition) is 3. The molecule has 1 N–H and O–H groups in total. The highest BCUT2D eigenvalue weighted by Gasteiger charge is 2.23. The minimum Gasteiger partial charge on any atom is -0.456 e. The van der Waals surface area contributed by atoms with Crippen molar-refractivity contribution in [2.24, 2.45) is 0 Å². The van der Waals surface area contributed by atoms with Crippen molar-refractivity contribution in [1.82, 2.24) is 4.90 Å². The molecule has 0 aliphatic heterocycles. The largest absolute Gasteiger partial charge is 0.456 e. The maximum absolute atomic E-state index is 12.9. The summed E-state index contributed by atoms with van der Waals surface area (Å²) in [6.45, 7) is 0. The summed E-state index contributed by atoms with van der Waals surface area (Å²) in [5.74, 6) is -0.0725. The minimum atomic E-state index is -0.359. The van der Waals surface area contributed by atoms with Gasteiger partial charge in [-0.25, -0.2) is 0 Å². The van der Waals surface area contributed by atoms with Gasteiger partial charge in [-0.3, -0.25) is 9.69 Å². The monoisotopic (exact) mass is 344 g/mol. The normalized spacial score (nSPS) is 12.6. The van der Waals surface area contributed by atoms with Crippen LogP contribution in [-0.2, 0) is 4.79 Å². The highest BCUT2D eigenvalue weighted by Crippen LogP contribution is 2.30. The van der Waals surface area contributed by atoms with Crippen LogP contribution in [0.15, 0.2) is 77.2 Å². The van der Waals surface area contributed by atoms with Gasteiger partial charge in [-0.1, -0.05) is 48.5 Å². The zero-order valence-electron chi connectivity index (χ0n) is 14.8. The summed E-state index contributed by atoms with van der Waals surface area (Å²) in [4.78, 5) is 14.8. The number of likely N-dealkylation sites (N-methyl/N-ethyl adjacent to an activating group) is 1. The summed E-state index contributed by atoms with van der Waals surface area (Å²) in [6, 6.07) is 23.1. The van der Waals surface area contributed by atoms with E-state index in [0.29, 0.717) is 0 Å². The van der Waals surface area contributed by atoms with Gasteiger partial charge < -0.3 is 9.73 Å². The molecule has 0 bridgehead atoms. The van der Waals surface area contributed by atoms with Crippen molar-refractivity contribution in [2.45, 2.75) is 6.04 Å². The molecule has 0 unspecified atom stereocenters. The molecule has 0 saturated heterocycles. The van der Waals surface area contributed by atoms with Crippen LogP contribution in [0.2, 0.25) is 0 Å². The Morgan fingerprint density at radius 1 is 0.885 bits per heavy atom. The first kappa shape index (κ1) is 16.4. The number of furan rings is 1. The van der Waals surface area contributed by atoms with Crippen LogP contribution in [0.25, 0.3) is 21.9 Å². The molecule has 0 spiro atoms. The Morgan fingerprint density at radius 3 is 2.35 bits per heavy atom. The summed E-state index contributed by atoms with van der Waals surface area (Å²) < 4.78 is 5.91. The molecular weight excluding hydrogens is 324 g/mol. The average molecular weight is 344 g/mol. The fourth-order valence-electron chi connectivity index (χ4n) is 3.33. The zero-order chi connectivity index (χ0) is 18.1. The second-order valence-electron chi connectivity index (χ2n) is 6.58. The number of carbonyl (C=O) groups excluding carboxylic acids is 1. The summed E-state index contributed by atoms with van der Waals surface area (Å²) >= 11 is 0. The van der Waals surface area contributed by atoms with E-state index in [-0.39, 0.29) is 11.9 Å². The molecule has 0 fully saturated rings. The molecule has 130 valence electrons. The van der Waals surface area contributed by atoms with Crippen LogP contribution in [0.1, 0.15) is 11.6 Å². The Morgan fingerprint density at radius 2 is 1.58 bits per heavy atom. The number of amides is 1. The van der Waals surface area contributed by atoms with E-state index >= 15 is 0 Å². The van der Waals surface area contributed by atoms with E-state index in [2.05, 4.69) is 5.32 Å². The highest BCUT2D eigenvalue weighted by atomic mass is 16.3. The van der Waals surface area contributed by atoms with Crippen molar-refractivity contribution >= 4 is 33.5 Å². The van der Waals surface area contributed by atoms with Gasteiger partial charge >= 0.3 is 0 Å². The molecule has 0 saturated carbocycles. The number of benzene rings is 3. The Labute approximate surface area is 152 Å². The SMILES string of the molecule is CN(C)[C@H](C(=O)Nc1ccc2c(c1)oc1ccccc12)c1ccccc1. The summed E-state index contributed by atoms with van der Waals surface area (Å²) in [5.41, 5.74) is 3.30. The Balaban J connectivity index is 1.65. The van der Waals surface area contributed by atoms with Crippen molar-refractivity contribution < 1.29 is 9.21 Å². The maximum atomic E-state index is 12.9. The Bertz CT molecular complexity index is 1070. The smallest absolute Gasteiger partial charge is 0.246 e.